The first-order valence-electron chi connectivity index (χ1n) is 10.1. The Hall–Kier alpha value is -2.21. The molecule has 0 saturated heterocycles. The zero-order valence-corrected chi connectivity index (χ0v) is 16.6. The molecule has 0 radical (unpaired) electrons. The number of benzene rings is 2. The first kappa shape index (κ1) is 22.5. The van der Waals surface area contributed by atoms with E-state index in [2.05, 4.69) is 6.58 Å². The third-order valence-corrected chi connectivity index (χ3v) is 5.70. The topological polar surface area (TPSA) is 9.23 Å². The third kappa shape index (κ3) is 6.14. The van der Waals surface area contributed by atoms with E-state index in [-0.39, 0.29) is 12.2 Å². The van der Waals surface area contributed by atoms with Crippen LogP contribution in [0.1, 0.15) is 53.9 Å². The lowest BCUT2D eigenvalue weighted by atomic mass is 9.79. The van der Waals surface area contributed by atoms with Gasteiger partial charge in [0.05, 0.1) is 18.6 Å². The molecular weight excluding hydrogens is 399 g/mol. The Labute approximate surface area is 173 Å². The van der Waals surface area contributed by atoms with Crippen LogP contribution in [-0.2, 0) is 23.9 Å². The molecule has 30 heavy (non-hydrogen) atoms. The predicted molar refractivity (Wildman–Crippen MR) is 106 cm³/mol. The van der Waals surface area contributed by atoms with Crippen molar-refractivity contribution in [2.75, 3.05) is 0 Å². The van der Waals surface area contributed by atoms with Crippen molar-refractivity contribution < 1.29 is 26.7 Å². The molecule has 1 nitrogen and oxygen atoms in total. The van der Waals surface area contributed by atoms with Crippen LogP contribution in [0.2, 0.25) is 0 Å². The summed E-state index contributed by atoms with van der Waals surface area (Å²) in [6.45, 7) is 3.59. The van der Waals surface area contributed by atoms with Crippen molar-refractivity contribution in [3.05, 3.63) is 83.4 Å². The molecule has 2 aromatic carbocycles. The van der Waals surface area contributed by atoms with Gasteiger partial charge < -0.3 is 4.74 Å². The molecule has 0 N–H and O–H groups in total. The summed E-state index contributed by atoms with van der Waals surface area (Å²) < 4.78 is 70.7. The molecule has 162 valence electrons. The van der Waals surface area contributed by atoms with Gasteiger partial charge in [-0.15, -0.1) is 6.58 Å². The summed E-state index contributed by atoms with van der Waals surface area (Å²) in [6.07, 6.45) is -2.30. The Bertz CT molecular complexity index is 816. The lowest BCUT2D eigenvalue weighted by Crippen LogP contribution is -2.24. The zero-order chi connectivity index (χ0) is 21.8. The first-order chi connectivity index (χ1) is 14.2. The van der Waals surface area contributed by atoms with Gasteiger partial charge in [-0.2, -0.15) is 22.0 Å². The van der Waals surface area contributed by atoms with Crippen LogP contribution in [0.3, 0.4) is 0 Å². The lowest BCUT2D eigenvalue weighted by Gasteiger charge is -2.27. The van der Waals surface area contributed by atoms with Crippen molar-refractivity contribution in [1.82, 2.24) is 0 Å². The summed E-state index contributed by atoms with van der Waals surface area (Å²) in [5.74, 6) is 1.07. The van der Waals surface area contributed by atoms with Gasteiger partial charge in [0.25, 0.3) is 0 Å². The van der Waals surface area contributed by atoms with Crippen molar-refractivity contribution in [2.24, 2.45) is 5.92 Å². The van der Waals surface area contributed by atoms with Gasteiger partial charge in [-0.3, -0.25) is 0 Å². The second kappa shape index (κ2) is 9.29. The molecular formula is C24H25F5O. The smallest absolute Gasteiger partial charge is 0.315 e. The average molecular weight is 424 g/mol. The van der Waals surface area contributed by atoms with Crippen LogP contribution in [0.15, 0.2) is 61.2 Å². The molecule has 0 amide bonds. The van der Waals surface area contributed by atoms with Crippen molar-refractivity contribution in [2.45, 2.75) is 56.9 Å². The summed E-state index contributed by atoms with van der Waals surface area (Å²) in [6, 6.07) is 11.2. The number of rotatable bonds is 7. The maximum Gasteiger partial charge on any atom is 0.416 e. The van der Waals surface area contributed by atoms with Gasteiger partial charge in [0.2, 0.25) is 0 Å². The van der Waals surface area contributed by atoms with E-state index in [1.54, 1.807) is 12.1 Å². The first-order valence-corrected chi connectivity index (χ1v) is 10.1. The molecule has 0 aromatic heterocycles. The Morgan fingerprint density at radius 1 is 0.833 bits per heavy atom. The van der Waals surface area contributed by atoms with E-state index in [4.69, 9.17) is 4.74 Å². The van der Waals surface area contributed by atoms with E-state index in [1.165, 1.54) is 5.56 Å². The Balaban J connectivity index is 1.52. The highest BCUT2D eigenvalue weighted by molar-refractivity contribution is 5.26. The summed E-state index contributed by atoms with van der Waals surface area (Å²) in [5, 5.41) is 0. The van der Waals surface area contributed by atoms with Crippen LogP contribution in [0.4, 0.5) is 22.0 Å². The average Bonchev–Trinajstić information content (AvgIpc) is 2.72. The number of allylic oxidation sites excluding steroid dienone is 1. The molecule has 1 fully saturated rings. The Kier molecular flexibility index (Phi) is 6.96. The van der Waals surface area contributed by atoms with E-state index >= 15 is 0 Å². The van der Waals surface area contributed by atoms with E-state index in [9.17, 15) is 22.0 Å². The second-order valence-corrected chi connectivity index (χ2v) is 7.89. The van der Waals surface area contributed by atoms with Gasteiger partial charge >= 0.3 is 12.3 Å². The summed E-state index contributed by atoms with van der Waals surface area (Å²) in [7, 11) is 0. The van der Waals surface area contributed by atoms with E-state index in [0.717, 1.165) is 49.9 Å². The minimum atomic E-state index is -4.49. The minimum absolute atomic E-state index is 0.0819. The van der Waals surface area contributed by atoms with Crippen molar-refractivity contribution in [3.63, 3.8) is 0 Å². The standard InChI is InChI=1S/C24H25F5O/c1-2-17-3-9-20(10-4-17)21-11-5-19(6-12-21)16-30-23(25,26)15-18-7-13-22(14-8-18)24(27,28)29/h2,5-8,11-14,17,20H,1,3-4,9-10,15-16H2. The fraction of sp³-hybridized carbons (Fsp3) is 0.417. The number of ether oxygens (including phenoxy) is 1. The van der Waals surface area contributed by atoms with E-state index in [1.807, 2.05) is 18.2 Å². The maximum absolute atomic E-state index is 14.1. The highest BCUT2D eigenvalue weighted by atomic mass is 19.4. The quantitative estimate of drug-likeness (QED) is 0.330. The largest absolute Gasteiger partial charge is 0.416 e. The lowest BCUT2D eigenvalue weighted by molar-refractivity contribution is -0.244. The number of hydrogen-bond donors (Lipinski definition) is 0. The molecule has 0 atom stereocenters. The zero-order valence-electron chi connectivity index (χ0n) is 16.6. The number of alkyl halides is 5. The van der Waals surface area contributed by atoms with Crippen molar-refractivity contribution >= 4 is 0 Å². The van der Waals surface area contributed by atoms with Crippen molar-refractivity contribution in [3.8, 4) is 0 Å². The SMILES string of the molecule is C=CC1CCC(c2ccc(COC(F)(F)Cc3ccc(C(F)(F)F)cc3)cc2)CC1. The molecule has 0 heterocycles. The predicted octanol–water partition coefficient (Wildman–Crippen LogP) is 7.52. The molecule has 1 aliphatic rings. The summed E-state index contributed by atoms with van der Waals surface area (Å²) in [5.41, 5.74) is 1.05. The molecule has 1 saturated carbocycles. The van der Waals surface area contributed by atoms with Crippen molar-refractivity contribution in [1.29, 1.82) is 0 Å². The van der Waals surface area contributed by atoms with Gasteiger partial charge in [-0.25, -0.2) is 0 Å². The highest BCUT2D eigenvalue weighted by Crippen LogP contribution is 2.36. The van der Waals surface area contributed by atoms with Gasteiger partial charge in [0.1, 0.15) is 0 Å². The van der Waals surface area contributed by atoms with Gasteiger partial charge in [-0.1, -0.05) is 42.5 Å². The molecule has 1 aliphatic carbocycles. The summed E-state index contributed by atoms with van der Waals surface area (Å²) >= 11 is 0. The van der Waals surface area contributed by atoms with E-state index in [0.29, 0.717) is 17.4 Å². The minimum Gasteiger partial charge on any atom is -0.315 e. The van der Waals surface area contributed by atoms with Gasteiger partial charge in [0.15, 0.2) is 0 Å². The molecule has 0 spiro atoms. The second-order valence-electron chi connectivity index (χ2n) is 7.89. The molecule has 0 bridgehead atoms. The van der Waals surface area contributed by atoms with Crippen LogP contribution < -0.4 is 0 Å². The number of halogens is 5. The van der Waals surface area contributed by atoms with Gasteiger partial charge in [0, 0.05) is 0 Å². The fourth-order valence-corrected chi connectivity index (χ4v) is 3.86. The Morgan fingerprint density at radius 2 is 1.40 bits per heavy atom. The van der Waals surface area contributed by atoms with Crippen LogP contribution >= 0.6 is 0 Å². The molecule has 3 rings (SSSR count). The fourth-order valence-electron chi connectivity index (χ4n) is 3.86. The van der Waals surface area contributed by atoms with Crippen LogP contribution in [0, 0.1) is 5.92 Å². The Morgan fingerprint density at radius 3 is 1.93 bits per heavy atom. The molecule has 0 unspecified atom stereocenters. The van der Waals surface area contributed by atoms with E-state index < -0.39 is 24.3 Å². The number of hydrogen-bond acceptors (Lipinski definition) is 1. The molecule has 2 aromatic rings. The highest BCUT2D eigenvalue weighted by Gasteiger charge is 2.33. The van der Waals surface area contributed by atoms with Crippen LogP contribution in [0.25, 0.3) is 0 Å². The monoisotopic (exact) mass is 424 g/mol. The van der Waals surface area contributed by atoms with Gasteiger partial charge in [-0.05, 0) is 66.3 Å². The summed E-state index contributed by atoms with van der Waals surface area (Å²) in [4.78, 5) is 0. The molecule has 6 heteroatoms. The third-order valence-electron chi connectivity index (χ3n) is 5.70. The maximum atomic E-state index is 14.1. The molecule has 0 aliphatic heterocycles. The normalized spacial score (nSPS) is 20.2. The van der Waals surface area contributed by atoms with Crippen LogP contribution in [0.5, 0.6) is 0 Å². The van der Waals surface area contributed by atoms with Crippen LogP contribution in [-0.4, -0.2) is 6.11 Å².